The second kappa shape index (κ2) is 7.47. The van der Waals surface area contributed by atoms with Crippen LogP contribution in [0.1, 0.15) is 28.9 Å². The van der Waals surface area contributed by atoms with Gasteiger partial charge in [-0.1, -0.05) is 11.3 Å². The monoisotopic (exact) mass is 388 g/mol. The third-order valence-electron chi connectivity index (χ3n) is 5.12. The van der Waals surface area contributed by atoms with E-state index in [1.54, 1.807) is 0 Å². The van der Waals surface area contributed by atoms with Gasteiger partial charge in [-0.3, -0.25) is 4.79 Å². The fourth-order valence-corrected chi connectivity index (χ4v) is 3.50. The molecule has 0 unspecified atom stereocenters. The average molecular weight is 388 g/mol. The molecule has 0 spiro atoms. The van der Waals surface area contributed by atoms with E-state index < -0.39 is 5.97 Å². The molecule has 2 aromatic rings. The molecule has 3 heterocycles. The normalized spacial score (nSPS) is 17.3. The molecule has 148 valence electrons. The van der Waals surface area contributed by atoms with Crippen molar-refractivity contribution < 1.29 is 28.9 Å². The molecular weight excluding hydrogens is 368 g/mol. The van der Waals surface area contributed by atoms with Crippen molar-refractivity contribution in [3.05, 3.63) is 35.7 Å². The number of rotatable bonds is 6. The minimum atomic E-state index is -1.18. The molecule has 2 aliphatic heterocycles. The van der Waals surface area contributed by atoms with Crippen molar-refractivity contribution in [3.63, 3.8) is 0 Å². The molecule has 0 saturated carbocycles. The molecule has 1 aromatic carbocycles. The van der Waals surface area contributed by atoms with E-state index in [1.807, 2.05) is 18.2 Å². The summed E-state index contributed by atoms with van der Waals surface area (Å²) >= 11 is 0. The number of carboxylic acid groups (broad SMARTS) is 1. The van der Waals surface area contributed by atoms with Gasteiger partial charge in [0.15, 0.2) is 17.2 Å². The second-order valence-corrected chi connectivity index (χ2v) is 6.84. The summed E-state index contributed by atoms with van der Waals surface area (Å²) in [4.78, 5) is 23.2. The first-order chi connectivity index (χ1) is 13.6. The Morgan fingerprint density at radius 3 is 2.75 bits per heavy atom. The molecule has 2 N–H and O–H groups in total. The van der Waals surface area contributed by atoms with E-state index in [-0.39, 0.29) is 30.4 Å². The van der Waals surface area contributed by atoms with Crippen molar-refractivity contribution in [1.29, 1.82) is 0 Å². The van der Waals surface area contributed by atoms with Crippen LogP contribution in [0.15, 0.2) is 24.4 Å². The van der Waals surface area contributed by atoms with Gasteiger partial charge < -0.3 is 24.6 Å². The molecule has 0 radical (unpaired) electrons. The van der Waals surface area contributed by atoms with E-state index in [0.717, 1.165) is 24.2 Å². The zero-order valence-corrected chi connectivity index (χ0v) is 15.1. The lowest BCUT2D eigenvalue weighted by molar-refractivity contribution is -0.122. The van der Waals surface area contributed by atoms with Gasteiger partial charge in [-0.2, -0.15) is 0 Å². The maximum absolute atomic E-state index is 12.4. The van der Waals surface area contributed by atoms with E-state index in [9.17, 15) is 9.59 Å². The molecule has 2 aliphatic rings. The van der Waals surface area contributed by atoms with Gasteiger partial charge in [0.1, 0.15) is 6.54 Å². The van der Waals surface area contributed by atoms with Crippen LogP contribution in [0.2, 0.25) is 0 Å². The second-order valence-electron chi connectivity index (χ2n) is 6.84. The number of carbonyl (C=O) groups excluding carboxylic acids is 1. The van der Waals surface area contributed by atoms with Crippen LogP contribution in [0.4, 0.5) is 0 Å². The average Bonchev–Trinajstić information content (AvgIpc) is 3.36. The van der Waals surface area contributed by atoms with Crippen LogP contribution in [-0.4, -0.2) is 58.5 Å². The Morgan fingerprint density at radius 2 is 2.00 bits per heavy atom. The van der Waals surface area contributed by atoms with Crippen molar-refractivity contribution >= 4 is 11.9 Å². The van der Waals surface area contributed by atoms with Crippen LogP contribution in [0.5, 0.6) is 11.5 Å². The Balaban J connectivity index is 1.46. The highest BCUT2D eigenvalue weighted by Gasteiger charge is 2.36. The van der Waals surface area contributed by atoms with E-state index in [0.29, 0.717) is 25.5 Å². The van der Waals surface area contributed by atoms with E-state index in [2.05, 4.69) is 15.6 Å². The van der Waals surface area contributed by atoms with Crippen LogP contribution in [-0.2, 0) is 21.5 Å². The predicted molar refractivity (Wildman–Crippen MR) is 94.3 cm³/mol. The molecule has 10 nitrogen and oxygen atoms in total. The summed E-state index contributed by atoms with van der Waals surface area (Å²) < 4.78 is 17.6. The topological polar surface area (TPSA) is 125 Å². The van der Waals surface area contributed by atoms with E-state index in [4.69, 9.17) is 19.3 Å². The highest BCUT2D eigenvalue weighted by atomic mass is 16.7. The van der Waals surface area contributed by atoms with Gasteiger partial charge in [-0.25, -0.2) is 9.48 Å². The van der Waals surface area contributed by atoms with Crippen LogP contribution in [0, 0.1) is 0 Å². The SMILES string of the molecule is O=C(Cn1cc(C(=O)O)nn1)NCC1(c2ccc3c(c2)OCO3)CCOCC1. The molecule has 28 heavy (non-hydrogen) atoms. The maximum atomic E-state index is 12.4. The summed E-state index contributed by atoms with van der Waals surface area (Å²) in [6.45, 7) is 1.75. The fraction of sp³-hybridized carbons (Fsp3) is 0.444. The van der Waals surface area contributed by atoms with Gasteiger partial charge in [0.2, 0.25) is 12.7 Å². The van der Waals surface area contributed by atoms with Crippen molar-refractivity contribution in [2.75, 3.05) is 26.6 Å². The number of hydrogen-bond acceptors (Lipinski definition) is 7. The molecule has 1 saturated heterocycles. The summed E-state index contributed by atoms with van der Waals surface area (Å²) in [7, 11) is 0. The third kappa shape index (κ3) is 3.63. The highest BCUT2D eigenvalue weighted by molar-refractivity contribution is 5.84. The Bertz CT molecular complexity index is 890. The number of aromatic carboxylic acids is 1. The number of carbonyl (C=O) groups is 2. The lowest BCUT2D eigenvalue weighted by atomic mass is 9.74. The molecule has 0 aliphatic carbocycles. The van der Waals surface area contributed by atoms with E-state index in [1.165, 1.54) is 10.9 Å². The molecule has 0 bridgehead atoms. The number of fused-ring (bicyclic) bond motifs is 1. The van der Waals surface area contributed by atoms with Crippen LogP contribution in [0.3, 0.4) is 0 Å². The van der Waals surface area contributed by atoms with Gasteiger partial charge >= 0.3 is 5.97 Å². The van der Waals surface area contributed by atoms with Crippen LogP contribution in [0.25, 0.3) is 0 Å². The van der Waals surface area contributed by atoms with Gasteiger partial charge in [0.25, 0.3) is 0 Å². The number of nitrogens with one attached hydrogen (secondary N) is 1. The number of aromatic nitrogens is 3. The van der Waals surface area contributed by atoms with Gasteiger partial charge in [0.05, 0.1) is 6.20 Å². The van der Waals surface area contributed by atoms with Gasteiger partial charge in [-0.15, -0.1) is 5.10 Å². The quantitative estimate of drug-likeness (QED) is 0.736. The first-order valence-corrected chi connectivity index (χ1v) is 8.94. The summed E-state index contributed by atoms with van der Waals surface area (Å²) in [6.07, 6.45) is 2.75. The fourth-order valence-electron chi connectivity index (χ4n) is 3.50. The summed E-state index contributed by atoms with van der Waals surface area (Å²) in [6, 6.07) is 5.86. The largest absolute Gasteiger partial charge is 0.476 e. The lowest BCUT2D eigenvalue weighted by Gasteiger charge is -2.38. The standard InChI is InChI=1S/C18H20N4O6/c23-16(9-22-8-13(17(24)25)20-21-22)19-10-18(3-5-26-6-4-18)12-1-2-14-15(7-12)28-11-27-14/h1-2,7-8H,3-6,9-11H2,(H,19,23)(H,24,25). The number of ether oxygens (including phenoxy) is 3. The lowest BCUT2D eigenvalue weighted by Crippen LogP contribution is -2.45. The molecule has 4 rings (SSSR count). The number of hydrogen-bond donors (Lipinski definition) is 2. The minimum absolute atomic E-state index is 0.103. The minimum Gasteiger partial charge on any atom is -0.476 e. The molecule has 0 atom stereocenters. The number of nitrogens with zero attached hydrogens (tertiary/aromatic N) is 3. The molecule has 1 amide bonds. The van der Waals surface area contributed by atoms with Crippen molar-refractivity contribution in [3.8, 4) is 11.5 Å². The molecule has 1 fully saturated rings. The zero-order valence-electron chi connectivity index (χ0n) is 15.1. The van der Waals surface area contributed by atoms with Crippen molar-refractivity contribution in [2.24, 2.45) is 0 Å². The number of benzene rings is 1. The van der Waals surface area contributed by atoms with Gasteiger partial charge in [0, 0.05) is 25.2 Å². The third-order valence-corrected chi connectivity index (χ3v) is 5.12. The van der Waals surface area contributed by atoms with Crippen molar-refractivity contribution in [1.82, 2.24) is 20.3 Å². The van der Waals surface area contributed by atoms with Crippen LogP contribution >= 0.6 is 0 Å². The molecule has 10 heteroatoms. The number of carboxylic acids is 1. The highest BCUT2D eigenvalue weighted by Crippen LogP contribution is 2.40. The smallest absolute Gasteiger partial charge is 0.358 e. The summed E-state index contributed by atoms with van der Waals surface area (Å²) in [5, 5.41) is 19.0. The summed E-state index contributed by atoms with van der Waals surface area (Å²) in [5.41, 5.74) is 0.590. The predicted octanol–water partition coefficient (Wildman–Crippen LogP) is 0.570. The summed E-state index contributed by atoms with van der Waals surface area (Å²) in [5.74, 6) is -0.0296. The van der Waals surface area contributed by atoms with Crippen LogP contribution < -0.4 is 14.8 Å². The van der Waals surface area contributed by atoms with Crippen molar-refractivity contribution in [2.45, 2.75) is 24.8 Å². The molecular formula is C18H20N4O6. The first kappa shape index (κ1) is 18.2. The first-order valence-electron chi connectivity index (χ1n) is 8.94. The van der Waals surface area contributed by atoms with Gasteiger partial charge in [-0.05, 0) is 30.5 Å². The Morgan fingerprint density at radius 1 is 1.21 bits per heavy atom. The van der Waals surface area contributed by atoms with E-state index >= 15 is 0 Å². The zero-order chi connectivity index (χ0) is 19.6. The molecule has 1 aromatic heterocycles. The number of amides is 1. The Hall–Kier alpha value is -3.14. The Kier molecular flexibility index (Phi) is 4.86. The Labute approximate surface area is 160 Å². The maximum Gasteiger partial charge on any atom is 0.358 e.